The van der Waals surface area contributed by atoms with Crippen LogP contribution in [0.25, 0.3) is 0 Å². The first-order chi connectivity index (χ1) is 13.9. The molecule has 0 aromatic heterocycles. The quantitative estimate of drug-likeness (QED) is 0.268. The Hall–Kier alpha value is -1.43. The Morgan fingerprint density at radius 1 is 0.586 bits per heavy atom. The van der Waals surface area contributed by atoms with Gasteiger partial charge in [0.25, 0.3) is 0 Å². The average molecular weight is 454 g/mol. The highest BCUT2D eigenvalue weighted by Crippen LogP contribution is 2.68. The van der Waals surface area contributed by atoms with Crippen LogP contribution in [0.2, 0.25) is 0 Å². The summed E-state index contributed by atoms with van der Waals surface area (Å²) in [6.45, 7) is 0. The van der Waals surface area contributed by atoms with E-state index in [1.807, 2.05) is 0 Å². The molecule has 3 aromatic rings. The molecule has 0 bridgehead atoms. The molecule has 0 spiro atoms. The van der Waals surface area contributed by atoms with Gasteiger partial charge in [-0.2, -0.15) is 0 Å². The average Bonchev–Trinajstić information content (AvgIpc) is 3.25. The number of rotatable bonds is 4. The van der Waals surface area contributed by atoms with Crippen LogP contribution in [0, 0.1) is 0 Å². The molecule has 0 radical (unpaired) electrons. The van der Waals surface area contributed by atoms with E-state index in [1.54, 1.807) is 0 Å². The lowest BCUT2D eigenvalue weighted by Crippen LogP contribution is -2.35. The molecule has 0 atom stereocenters. The third-order valence-corrected chi connectivity index (χ3v) is 13.7. The third-order valence-electron chi connectivity index (χ3n) is 4.41. The van der Waals surface area contributed by atoms with E-state index in [4.69, 9.17) is 0 Å². The molecule has 0 aliphatic carbocycles. The molecular weight excluding hydrogens is 434 g/mol. The summed E-state index contributed by atoms with van der Waals surface area (Å²) in [5.41, 5.74) is 0. The molecule has 3 aromatic carbocycles. The lowest BCUT2D eigenvalue weighted by Gasteiger charge is -2.31. The molecule has 1 saturated heterocycles. The second kappa shape index (κ2) is 10.1. The Bertz CT molecular complexity index is 771. The molecular formula is C21H20BF4PS2. The van der Waals surface area contributed by atoms with Crippen molar-refractivity contribution in [3.8, 4) is 0 Å². The molecule has 0 nitrogen and oxygen atoms in total. The first-order valence-electron chi connectivity index (χ1n) is 9.08. The Kier molecular flexibility index (Phi) is 7.72. The van der Waals surface area contributed by atoms with Gasteiger partial charge in [0.15, 0.2) is 4.32 Å². The van der Waals surface area contributed by atoms with Crippen molar-refractivity contribution >= 4 is 54.0 Å². The predicted octanol–water partition coefficient (Wildman–Crippen LogP) is 6.04. The summed E-state index contributed by atoms with van der Waals surface area (Å²) in [6, 6.07) is 33.6. The van der Waals surface area contributed by atoms with E-state index < -0.39 is 14.5 Å². The van der Waals surface area contributed by atoms with Crippen molar-refractivity contribution in [2.75, 3.05) is 11.5 Å². The van der Waals surface area contributed by atoms with Crippen LogP contribution in [0.15, 0.2) is 91.0 Å². The van der Waals surface area contributed by atoms with Crippen LogP contribution >= 0.6 is 30.8 Å². The van der Waals surface area contributed by atoms with Crippen molar-refractivity contribution in [3.05, 3.63) is 91.0 Å². The summed E-state index contributed by atoms with van der Waals surface area (Å²) >= 11 is 4.29. The molecule has 1 aliphatic rings. The molecule has 29 heavy (non-hydrogen) atoms. The molecule has 1 aliphatic heterocycles. The number of halogens is 4. The third kappa shape index (κ3) is 5.59. The second-order valence-electron chi connectivity index (χ2n) is 6.27. The normalized spacial score (nSPS) is 14.9. The van der Waals surface area contributed by atoms with E-state index in [0.29, 0.717) is 4.32 Å². The maximum absolute atomic E-state index is 9.75. The monoisotopic (exact) mass is 454 g/mol. The highest BCUT2D eigenvalue weighted by Gasteiger charge is 2.54. The number of hydrogen-bond acceptors (Lipinski definition) is 2. The molecule has 4 rings (SSSR count). The van der Waals surface area contributed by atoms with Crippen molar-refractivity contribution in [1.29, 1.82) is 0 Å². The van der Waals surface area contributed by atoms with E-state index in [9.17, 15) is 17.3 Å². The minimum absolute atomic E-state index is 0.602. The number of benzene rings is 3. The van der Waals surface area contributed by atoms with Gasteiger partial charge in [-0.1, -0.05) is 54.6 Å². The van der Waals surface area contributed by atoms with Gasteiger partial charge in [0.05, 0.1) is 0 Å². The Morgan fingerprint density at radius 2 is 0.862 bits per heavy atom. The van der Waals surface area contributed by atoms with Gasteiger partial charge in [-0.05, 0) is 36.4 Å². The molecule has 1 fully saturated rings. The van der Waals surface area contributed by atoms with Crippen LogP contribution in [0.1, 0.15) is 0 Å². The van der Waals surface area contributed by atoms with E-state index >= 15 is 0 Å². The Labute approximate surface area is 177 Å². The first-order valence-corrected chi connectivity index (χ1v) is 13.0. The zero-order valence-electron chi connectivity index (χ0n) is 15.5. The zero-order valence-corrected chi connectivity index (χ0v) is 18.0. The van der Waals surface area contributed by atoms with Crippen molar-refractivity contribution in [3.63, 3.8) is 0 Å². The highest BCUT2D eigenvalue weighted by molar-refractivity contribution is 8.31. The standard InChI is InChI=1S/C21H20PS2.BF4/c1-4-10-18(11-5-1)22(21-23-16-17-24-21,19-12-6-2-7-13-19)20-14-8-3-9-15-20;2-1(3,4)5/h1-15,21H,16-17H2;/q+1;-1. The minimum atomic E-state index is -6.00. The van der Waals surface area contributed by atoms with Crippen LogP contribution in [0.3, 0.4) is 0 Å². The van der Waals surface area contributed by atoms with Gasteiger partial charge < -0.3 is 17.3 Å². The van der Waals surface area contributed by atoms with E-state index in [-0.39, 0.29) is 0 Å². The summed E-state index contributed by atoms with van der Waals surface area (Å²) in [4.78, 5) is 0. The van der Waals surface area contributed by atoms with Gasteiger partial charge in [-0.3, -0.25) is 0 Å². The van der Waals surface area contributed by atoms with Crippen molar-refractivity contribution in [2.45, 2.75) is 4.32 Å². The van der Waals surface area contributed by atoms with Gasteiger partial charge in [0.2, 0.25) is 0 Å². The first kappa shape index (κ1) is 22.3. The maximum atomic E-state index is 9.75. The van der Waals surface area contributed by atoms with E-state index in [1.165, 1.54) is 27.4 Å². The van der Waals surface area contributed by atoms with Crippen LogP contribution in [-0.4, -0.2) is 23.1 Å². The van der Waals surface area contributed by atoms with Gasteiger partial charge in [-0.25, -0.2) is 0 Å². The zero-order chi connectivity index (χ0) is 20.7. The second-order valence-corrected chi connectivity index (χ2v) is 13.2. The molecule has 8 heteroatoms. The summed E-state index contributed by atoms with van der Waals surface area (Å²) in [5, 5.41) is 4.48. The van der Waals surface area contributed by atoms with Crippen molar-refractivity contribution < 1.29 is 17.3 Å². The van der Waals surface area contributed by atoms with E-state index in [2.05, 4.69) is 115 Å². The molecule has 0 saturated carbocycles. The highest BCUT2D eigenvalue weighted by atomic mass is 32.2. The molecule has 0 unspecified atom stereocenters. The van der Waals surface area contributed by atoms with Crippen LogP contribution < -0.4 is 15.9 Å². The van der Waals surface area contributed by atoms with Crippen LogP contribution in [-0.2, 0) is 0 Å². The lowest BCUT2D eigenvalue weighted by atomic mass is 10.3. The Balaban J connectivity index is 0.000000431. The lowest BCUT2D eigenvalue weighted by molar-refractivity contribution is 0.368. The Morgan fingerprint density at radius 3 is 1.14 bits per heavy atom. The van der Waals surface area contributed by atoms with Gasteiger partial charge in [0, 0.05) is 11.5 Å². The largest absolute Gasteiger partial charge is 0.673 e. The molecule has 152 valence electrons. The number of thioether (sulfide) groups is 2. The van der Waals surface area contributed by atoms with Gasteiger partial charge in [-0.15, -0.1) is 23.5 Å². The van der Waals surface area contributed by atoms with Crippen LogP contribution in [0.5, 0.6) is 0 Å². The molecule has 1 heterocycles. The fourth-order valence-electron chi connectivity index (χ4n) is 3.37. The fraction of sp³-hybridized carbons (Fsp3) is 0.143. The summed E-state index contributed by atoms with van der Waals surface area (Å²) in [7, 11) is -7.67. The van der Waals surface area contributed by atoms with Crippen LogP contribution in [0.4, 0.5) is 17.3 Å². The summed E-state index contributed by atoms with van der Waals surface area (Å²) in [6.07, 6.45) is 0. The van der Waals surface area contributed by atoms with Crippen molar-refractivity contribution in [2.24, 2.45) is 0 Å². The smallest absolute Gasteiger partial charge is 0.418 e. The SMILES string of the molecule is F[B-](F)(F)F.c1ccc([P+](c2ccccc2)(c2ccccc2)C2SCCS2)cc1. The van der Waals surface area contributed by atoms with Gasteiger partial charge >= 0.3 is 7.25 Å². The molecule has 0 N–H and O–H groups in total. The predicted molar refractivity (Wildman–Crippen MR) is 124 cm³/mol. The maximum Gasteiger partial charge on any atom is 0.673 e. The summed E-state index contributed by atoms with van der Waals surface area (Å²) < 4.78 is 39.6. The van der Waals surface area contributed by atoms with Gasteiger partial charge in [0.1, 0.15) is 23.2 Å². The summed E-state index contributed by atoms with van der Waals surface area (Å²) in [5.74, 6) is 2.51. The molecule has 0 amide bonds. The fourth-order valence-corrected chi connectivity index (χ4v) is 13.7. The van der Waals surface area contributed by atoms with Crippen molar-refractivity contribution in [1.82, 2.24) is 0 Å². The topological polar surface area (TPSA) is 0 Å². The van der Waals surface area contributed by atoms with E-state index in [0.717, 1.165) is 0 Å². The minimum Gasteiger partial charge on any atom is -0.418 e. The number of hydrogen-bond donors (Lipinski definition) is 0.